The van der Waals surface area contributed by atoms with Crippen LogP contribution in [0.3, 0.4) is 0 Å². The third kappa shape index (κ3) is 9.64. The van der Waals surface area contributed by atoms with Gasteiger partial charge in [0.15, 0.2) is 0 Å². The van der Waals surface area contributed by atoms with Crippen LogP contribution in [0.25, 0.3) is 60.9 Å². The fourth-order valence-electron chi connectivity index (χ4n) is 11.5. The van der Waals surface area contributed by atoms with Gasteiger partial charge < -0.3 is 18.9 Å². The number of rotatable bonds is 7. The smallest absolute Gasteiger partial charge is 0.135 e. The van der Waals surface area contributed by atoms with Crippen molar-refractivity contribution in [3.63, 3.8) is 0 Å². The SMILES string of the molecule is CC(C)(C)c1ccc(-c2cc(C(C)(C)C)cc(-c3ccc(C(C)(C)C)cc3)c2N2[CH-]N(c3[c-]c(Cc4[c-]c5c(cc4)c4ccccc4n5-c4cc(C(C)(C)C)ccn4)ccc3)c3cc4nc5n(c4cc32)CCCC5)cc1.[Pt]. The van der Waals surface area contributed by atoms with E-state index >= 15 is 0 Å². The fourth-order valence-corrected chi connectivity index (χ4v) is 11.5. The van der Waals surface area contributed by atoms with E-state index in [1.807, 2.05) is 6.20 Å². The molecule has 5 heterocycles. The van der Waals surface area contributed by atoms with Crippen molar-refractivity contribution in [1.29, 1.82) is 0 Å². The molecular formula is C70H71N6Pt-3. The van der Waals surface area contributed by atoms with Crippen molar-refractivity contribution in [3.8, 4) is 28.1 Å². The first kappa shape index (κ1) is 52.3. The Balaban J connectivity index is 0.00000631. The van der Waals surface area contributed by atoms with Gasteiger partial charge >= 0.3 is 0 Å². The molecule has 0 fully saturated rings. The molecule has 0 amide bonds. The number of hydrogen-bond donors (Lipinski definition) is 0. The minimum Gasteiger partial charge on any atom is -0.493 e. The summed E-state index contributed by atoms with van der Waals surface area (Å²) in [5.74, 6) is 2.09. The molecule has 77 heavy (non-hydrogen) atoms. The van der Waals surface area contributed by atoms with Crippen molar-refractivity contribution >= 4 is 55.6 Å². The Morgan fingerprint density at radius 3 is 1.81 bits per heavy atom. The molecule has 6 nitrogen and oxygen atoms in total. The molecule has 394 valence electrons. The van der Waals surface area contributed by atoms with Crippen molar-refractivity contribution in [3.05, 3.63) is 204 Å². The largest absolute Gasteiger partial charge is 0.493 e. The number of benzene rings is 7. The Kier molecular flexibility index (Phi) is 13.1. The summed E-state index contributed by atoms with van der Waals surface area (Å²) in [4.78, 5) is 15.1. The van der Waals surface area contributed by atoms with Gasteiger partial charge in [-0.1, -0.05) is 155 Å². The van der Waals surface area contributed by atoms with Crippen LogP contribution in [0.2, 0.25) is 0 Å². The van der Waals surface area contributed by atoms with Crippen LogP contribution in [-0.4, -0.2) is 19.1 Å². The zero-order chi connectivity index (χ0) is 53.1. The summed E-state index contributed by atoms with van der Waals surface area (Å²) in [6, 6.07) is 60.3. The average molecular weight is 1190 g/mol. The standard InChI is InChI=1S/C70H71N6.Pt/c1-67(2,3)49-28-24-47(25-29-49)56-39-52(70(10,11)12)40-57(48-26-30-50(31-27-48)68(4,5)6)66(56)75-44-74(62-42-58-61(43-63(62)75)73-35-16-15-22-64(73)72-58)53-19-17-18-45(37-53)36-46-23-32-55-54-20-13-14-21-59(54)76(60(55)38-46)65-41-51(33-34-71-65)69(7,8)9;/h13-14,17-21,23-34,39-44H,15-16,22,35-36H2,1-12H3;/q-3;. The summed E-state index contributed by atoms with van der Waals surface area (Å²) in [6.07, 6.45) is 5.92. The van der Waals surface area contributed by atoms with E-state index in [0.717, 1.165) is 75.6 Å². The summed E-state index contributed by atoms with van der Waals surface area (Å²) < 4.78 is 4.76. The molecule has 0 unspecified atom stereocenters. The van der Waals surface area contributed by atoms with Gasteiger partial charge in [-0.05, 0) is 122 Å². The zero-order valence-electron chi connectivity index (χ0n) is 47.0. The Hall–Kier alpha value is -6.75. The summed E-state index contributed by atoms with van der Waals surface area (Å²) >= 11 is 0. The number of hydrogen-bond acceptors (Lipinski definition) is 4. The van der Waals surface area contributed by atoms with Crippen LogP contribution in [0.4, 0.5) is 22.7 Å². The van der Waals surface area contributed by atoms with Crippen LogP contribution >= 0.6 is 0 Å². The van der Waals surface area contributed by atoms with E-state index in [1.165, 1.54) is 73.0 Å². The molecule has 0 spiro atoms. The van der Waals surface area contributed by atoms with Crippen LogP contribution < -0.4 is 9.80 Å². The molecule has 0 N–H and O–H groups in total. The van der Waals surface area contributed by atoms with Gasteiger partial charge in [0, 0.05) is 73.9 Å². The van der Waals surface area contributed by atoms with Gasteiger partial charge in [-0.2, -0.15) is 53.6 Å². The number of nitrogens with zero attached hydrogens (tertiary/aromatic N) is 6. The van der Waals surface area contributed by atoms with Gasteiger partial charge in [0.05, 0.1) is 11.0 Å². The van der Waals surface area contributed by atoms with Crippen LogP contribution in [0.1, 0.15) is 135 Å². The van der Waals surface area contributed by atoms with E-state index in [4.69, 9.17) is 9.97 Å². The monoisotopic (exact) mass is 1190 g/mol. The van der Waals surface area contributed by atoms with E-state index in [9.17, 15) is 0 Å². The Bertz CT molecular complexity index is 3790. The van der Waals surface area contributed by atoms with Crippen LogP contribution in [-0.2, 0) is 62.1 Å². The second kappa shape index (κ2) is 19.3. The molecule has 0 radical (unpaired) electrons. The number of aromatic nitrogens is 4. The number of pyridine rings is 1. The minimum atomic E-state index is -0.109. The maximum absolute atomic E-state index is 5.32. The molecule has 2 aliphatic rings. The summed E-state index contributed by atoms with van der Waals surface area (Å²) in [5.41, 5.74) is 20.8. The summed E-state index contributed by atoms with van der Waals surface area (Å²) in [6.45, 7) is 30.8. The quantitative estimate of drug-likeness (QED) is 0.149. The normalized spacial score (nSPS) is 14.1. The van der Waals surface area contributed by atoms with Gasteiger partial charge in [-0.3, -0.25) is 0 Å². The molecule has 0 bridgehead atoms. The summed E-state index contributed by atoms with van der Waals surface area (Å²) in [7, 11) is 0. The Morgan fingerprint density at radius 1 is 0.532 bits per heavy atom. The second-order valence-electron chi connectivity index (χ2n) is 25.6. The molecule has 2 aliphatic heterocycles. The average Bonchev–Trinajstić information content (AvgIpc) is 4.16. The fraction of sp³-hybridized carbons (Fsp3) is 0.300. The molecule has 7 heteroatoms. The van der Waals surface area contributed by atoms with E-state index < -0.39 is 0 Å². The number of aryl methyl sites for hydroxylation is 2. The van der Waals surface area contributed by atoms with E-state index in [1.54, 1.807) is 0 Å². The van der Waals surface area contributed by atoms with E-state index in [-0.39, 0.29) is 42.7 Å². The van der Waals surface area contributed by atoms with Crippen LogP contribution in [0, 0.1) is 18.8 Å². The van der Waals surface area contributed by atoms with Gasteiger partial charge in [0.1, 0.15) is 11.6 Å². The van der Waals surface area contributed by atoms with Crippen LogP contribution in [0.5, 0.6) is 0 Å². The van der Waals surface area contributed by atoms with Gasteiger partial charge in [-0.25, -0.2) is 9.97 Å². The predicted molar refractivity (Wildman–Crippen MR) is 319 cm³/mol. The van der Waals surface area contributed by atoms with Crippen molar-refractivity contribution in [2.24, 2.45) is 0 Å². The molecule has 10 aromatic rings. The van der Waals surface area contributed by atoms with E-state index in [2.05, 4.69) is 260 Å². The topological polar surface area (TPSA) is 42.1 Å². The number of imidazole rings is 1. The minimum absolute atomic E-state index is 0. The predicted octanol–water partition coefficient (Wildman–Crippen LogP) is 18.0. The first-order valence-corrected chi connectivity index (χ1v) is 27.5. The molecule has 3 aromatic heterocycles. The molecular weight excluding hydrogens is 1120 g/mol. The number of anilines is 4. The maximum Gasteiger partial charge on any atom is 0.135 e. The Labute approximate surface area is 471 Å². The molecule has 12 rings (SSSR count). The van der Waals surface area contributed by atoms with Crippen LogP contribution in [0.15, 0.2) is 146 Å². The number of para-hydroxylation sites is 1. The van der Waals surface area contributed by atoms with E-state index in [0.29, 0.717) is 6.42 Å². The molecule has 0 atom stereocenters. The Morgan fingerprint density at radius 2 is 1.16 bits per heavy atom. The molecule has 0 aliphatic carbocycles. The molecule has 0 saturated carbocycles. The van der Waals surface area contributed by atoms with Gasteiger partial charge in [0.2, 0.25) is 0 Å². The van der Waals surface area contributed by atoms with Crippen molar-refractivity contribution in [2.75, 3.05) is 9.80 Å². The number of fused-ring (bicyclic) bond motifs is 7. The zero-order valence-corrected chi connectivity index (χ0v) is 49.2. The first-order valence-electron chi connectivity index (χ1n) is 27.5. The third-order valence-electron chi connectivity index (χ3n) is 16.0. The van der Waals surface area contributed by atoms with Gasteiger partial charge in [0.25, 0.3) is 0 Å². The van der Waals surface area contributed by atoms with Crippen molar-refractivity contribution in [2.45, 2.75) is 137 Å². The maximum atomic E-state index is 5.32. The third-order valence-corrected chi connectivity index (χ3v) is 16.0. The van der Waals surface area contributed by atoms with Gasteiger partial charge in [-0.15, -0.1) is 17.7 Å². The molecule has 0 saturated heterocycles. The second-order valence-corrected chi connectivity index (χ2v) is 25.6. The van der Waals surface area contributed by atoms with Crippen molar-refractivity contribution < 1.29 is 21.1 Å². The van der Waals surface area contributed by atoms with Crippen molar-refractivity contribution in [1.82, 2.24) is 19.1 Å². The first-order chi connectivity index (χ1) is 36.2. The summed E-state index contributed by atoms with van der Waals surface area (Å²) in [5, 5.41) is 2.36. The molecule has 7 aromatic carbocycles.